The van der Waals surface area contributed by atoms with Crippen LogP contribution in [0.4, 0.5) is 0 Å². The number of aromatic nitrogens is 2. The predicted octanol–water partition coefficient (Wildman–Crippen LogP) is 0.627. The molecule has 0 radical (unpaired) electrons. The number of carboxylic acids is 1. The molecule has 0 aliphatic heterocycles. The molecule has 5 heteroatoms. The highest BCUT2D eigenvalue weighted by atomic mass is 16.5. The van der Waals surface area contributed by atoms with Gasteiger partial charge < -0.3 is 9.84 Å². The molecule has 1 heterocycles. The summed E-state index contributed by atoms with van der Waals surface area (Å²) in [6, 6.07) is 0. The normalized spacial score (nSPS) is 10.9. The van der Waals surface area contributed by atoms with Crippen LogP contribution in [-0.4, -0.2) is 34.6 Å². The van der Waals surface area contributed by atoms with Crippen LogP contribution in [0.25, 0.3) is 6.08 Å². The van der Waals surface area contributed by atoms with Gasteiger partial charge >= 0.3 is 5.97 Å². The van der Waals surface area contributed by atoms with Crippen molar-refractivity contribution in [3.05, 3.63) is 24.0 Å². The van der Waals surface area contributed by atoms with Gasteiger partial charge in [0.15, 0.2) is 0 Å². The summed E-state index contributed by atoms with van der Waals surface area (Å²) in [4.78, 5) is 10.2. The van der Waals surface area contributed by atoms with Crippen molar-refractivity contribution in [2.45, 2.75) is 6.54 Å². The largest absolute Gasteiger partial charge is 0.478 e. The number of carbonyl (C=O) groups is 1. The molecular formula is C9H12N2O3. The Balaban J connectivity index is 2.54. The van der Waals surface area contributed by atoms with Crippen LogP contribution < -0.4 is 0 Å². The minimum atomic E-state index is -0.963. The van der Waals surface area contributed by atoms with Gasteiger partial charge in [-0.25, -0.2) is 4.79 Å². The maximum absolute atomic E-state index is 10.2. The molecule has 1 aromatic heterocycles. The van der Waals surface area contributed by atoms with Gasteiger partial charge in [0.05, 0.1) is 19.3 Å². The van der Waals surface area contributed by atoms with Crippen LogP contribution in [0.15, 0.2) is 18.5 Å². The highest BCUT2D eigenvalue weighted by molar-refractivity contribution is 5.85. The third kappa shape index (κ3) is 3.40. The summed E-state index contributed by atoms with van der Waals surface area (Å²) in [5.74, 6) is -0.963. The van der Waals surface area contributed by atoms with Crippen molar-refractivity contribution in [3.63, 3.8) is 0 Å². The molecule has 0 unspecified atom stereocenters. The fourth-order valence-electron chi connectivity index (χ4n) is 0.940. The molecule has 1 aromatic rings. The molecule has 76 valence electrons. The van der Waals surface area contributed by atoms with Gasteiger partial charge in [-0.05, 0) is 6.08 Å². The molecule has 5 nitrogen and oxygen atoms in total. The molecule has 0 saturated carbocycles. The van der Waals surface area contributed by atoms with E-state index in [0.717, 1.165) is 11.6 Å². The number of methoxy groups -OCH3 is 1. The fraction of sp³-hybridized carbons (Fsp3) is 0.333. The first-order valence-electron chi connectivity index (χ1n) is 4.15. The topological polar surface area (TPSA) is 64.3 Å². The number of hydrogen-bond acceptors (Lipinski definition) is 3. The Hall–Kier alpha value is -1.62. The predicted molar refractivity (Wildman–Crippen MR) is 50.8 cm³/mol. The maximum atomic E-state index is 10.2. The summed E-state index contributed by atoms with van der Waals surface area (Å²) in [5.41, 5.74) is 0.767. The third-order valence-corrected chi connectivity index (χ3v) is 1.60. The Morgan fingerprint density at radius 1 is 1.79 bits per heavy atom. The number of carboxylic acid groups (broad SMARTS) is 1. The van der Waals surface area contributed by atoms with Gasteiger partial charge in [-0.3, -0.25) is 4.68 Å². The molecule has 14 heavy (non-hydrogen) atoms. The summed E-state index contributed by atoms with van der Waals surface area (Å²) < 4.78 is 6.58. The van der Waals surface area contributed by atoms with Crippen LogP contribution in [0.2, 0.25) is 0 Å². The van der Waals surface area contributed by atoms with E-state index in [0.29, 0.717) is 13.2 Å². The van der Waals surface area contributed by atoms with E-state index in [9.17, 15) is 4.79 Å². The molecule has 1 rings (SSSR count). The highest BCUT2D eigenvalue weighted by Crippen LogP contribution is 2.00. The van der Waals surface area contributed by atoms with Crippen LogP contribution in [0.1, 0.15) is 5.56 Å². The first-order valence-corrected chi connectivity index (χ1v) is 4.15. The summed E-state index contributed by atoms with van der Waals surface area (Å²) in [6.45, 7) is 1.25. The standard InChI is InChI=1S/C9H12N2O3/c1-14-5-4-11-7-8(6-10-11)2-3-9(12)13/h2-3,6-7H,4-5H2,1H3,(H,12,13). The lowest BCUT2D eigenvalue weighted by Gasteiger charge is -1.97. The van der Waals surface area contributed by atoms with Gasteiger partial charge in [0, 0.05) is 24.9 Å². The Bertz CT molecular complexity index is 331. The molecule has 0 aromatic carbocycles. The molecule has 0 spiro atoms. The SMILES string of the molecule is COCCn1cc(C=CC(=O)O)cn1. The molecule has 0 aliphatic rings. The molecule has 0 amide bonds. The third-order valence-electron chi connectivity index (χ3n) is 1.60. The van der Waals surface area contributed by atoms with E-state index in [2.05, 4.69) is 5.10 Å². The minimum absolute atomic E-state index is 0.587. The van der Waals surface area contributed by atoms with Gasteiger partial charge in [-0.1, -0.05) is 0 Å². The Kier molecular flexibility index (Phi) is 3.87. The lowest BCUT2D eigenvalue weighted by Crippen LogP contribution is -2.03. The van der Waals surface area contributed by atoms with Gasteiger partial charge in [0.1, 0.15) is 0 Å². The Morgan fingerprint density at radius 3 is 3.21 bits per heavy atom. The first-order chi connectivity index (χ1) is 6.72. The molecule has 1 N–H and O–H groups in total. The van der Waals surface area contributed by atoms with Crippen LogP contribution in [0, 0.1) is 0 Å². The van der Waals surface area contributed by atoms with Gasteiger partial charge in [0.25, 0.3) is 0 Å². The number of hydrogen-bond donors (Lipinski definition) is 1. The van der Waals surface area contributed by atoms with E-state index in [1.54, 1.807) is 24.2 Å². The monoisotopic (exact) mass is 196 g/mol. The van der Waals surface area contributed by atoms with E-state index < -0.39 is 5.97 Å². The first kappa shape index (κ1) is 10.5. The smallest absolute Gasteiger partial charge is 0.328 e. The van der Waals surface area contributed by atoms with E-state index in [-0.39, 0.29) is 0 Å². The quantitative estimate of drug-likeness (QED) is 0.701. The van der Waals surface area contributed by atoms with E-state index in [1.165, 1.54) is 6.08 Å². The minimum Gasteiger partial charge on any atom is -0.478 e. The van der Waals surface area contributed by atoms with Crippen molar-refractivity contribution in [3.8, 4) is 0 Å². The number of aliphatic carboxylic acids is 1. The fourth-order valence-corrected chi connectivity index (χ4v) is 0.940. The molecule has 0 fully saturated rings. The second-order valence-electron chi connectivity index (χ2n) is 2.70. The van der Waals surface area contributed by atoms with Crippen molar-refractivity contribution in [2.75, 3.05) is 13.7 Å². The van der Waals surface area contributed by atoms with Crippen LogP contribution in [0.5, 0.6) is 0 Å². The van der Waals surface area contributed by atoms with E-state index in [1.807, 2.05) is 0 Å². The second kappa shape index (κ2) is 5.18. The summed E-state index contributed by atoms with van der Waals surface area (Å²) in [6.07, 6.45) is 5.95. The molecular weight excluding hydrogens is 184 g/mol. The van der Waals surface area contributed by atoms with E-state index in [4.69, 9.17) is 9.84 Å². The summed E-state index contributed by atoms with van der Waals surface area (Å²) in [7, 11) is 1.62. The van der Waals surface area contributed by atoms with Crippen LogP contribution in [0.3, 0.4) is 0 Å². The van der Waals surface area contributed by atoms with Crippen LogP contribution in [-0.2, 0) is 16.1 Å². The summed E-state index contributed by atoms with van der Waals surface area (Å²) >= 11 is 0. The maximum Gasteiger partial charge on any atom is 0.328 e. The molecule has 0 saturated heterocycles. The number of nitrogens with zero attached hydrogens (tertiary/aromatic N) is 2. The van der Waals surface area contributed by atoms with Crippen molar-refractivity contribution in [2.24, 2.45) is 0 Å². The zero-order valence-corrected chi connectivity index (χ0v) is 7.88. The zero-order valence-electron chi connectivity index (χ0n) is 7.88. The number of ether oxygens (including phenoxy) is 1. The second-order valence-corrected chi connectivity index (χ2v) is 2.70. The van der Waals surface area contributed by atoms with Gasteiger partial charge in [-0.2, -0.15) is 5.10 Å². The van der Waals surface area contributed by atoms with Gasteiger partial charge in [-0.15, -0.1) is 0 Å². The van der Waals surface area contributed by atoms with Crippen molar-refractivity contribution >= 4 is 12.0 Å². The van der Waals surface area contributed by atoms with Gasteiger partial charge in [0.2, 0.25) is 0 Å². The molecule has 0 aliphatic carbocycles. The molecule has 0 bridgehead atoms. The van der Waals surface area contributed by atoms with Crippen LogP contribution >= 0.6 is 0 Å². The average Bonchev–Trinajstić information content (AvgIpc) is 2.59. The Labute approximate surface area is 81.6 Å². The Morgan fingerprint density at radius 2 is 2.57 bits per heavy atom. The van der Waals surface area contributed by atoms with E-state index >= 15 is 0 Å². The lowest BCUT2D eigenvalue weighted by molar-refractivity contribution is -0.131. The highest BCUT2D eigenvalue weighted by Gasteiger charge is 1.95. The zero-order chi connectivity index (χ0) is 10.4. The van der Waals surface area contributed by atoms with Crippen molar-refractivity contribution in [1.82, 2.24) is 9.78 Å². The number of rotatable bonds is 5. The van der Waals surface area contributed by atoms with Crippen molar-refractivity contribution < 1.29 is 14.6 Å². The molecule has 0 atom stereocenters. The van der Waals surface area contributed by atoms with Crippen molar-refractivity contribution in [1.29, 1.82) is 0 Å². The average molecular weight is 196 g/mol. The summed E-state index contributed by atoms with van der Waals surface area (Å²) in [5, 5.41) is 12.4. The lowest BCUT2D eigenvalue weighted by atomic mass is 10.3.